The number of imide groups is 1. The van der Waals surface area contributed by atoms with E-state index in [1.54, 1.807) is 11.8 Å². The molecule has 3 heterocycles. The Bertz CT molecular complexity index is 977. The summed E-state index contributed by atoms with van der Waals surface area (Å²) < 4.78 is 0. The highest BCUT2D eigenvalue weighted by Gasteiger charge is 2.72. The predicted octanol–water partition coefficient (Wildman–Crippen LogP) is 1.67. The molecule has 2 bridgehead atoms. The van der Waals surface area contributed by atoms with Gasteiger partial charge in [0, 0.05) is 15.5 Å². The van der Waals surface area contributed by atoms with Gasteiger partial charge >= 0.3 is 10.8 Å². The van der Waals surface area contributed by atoms with Crippen LogP contribution in [0.1, 0.15) is 37.0 Å². The smallest absolute Gasteiger partial charge is 0.323 e. The fraction of sp³-hybridized carbons (Fsp3) is 0.684. The van der Waals surface area contributed by atoms with Crippen LogP contribution in [-0.4, -0.2) is 44.6 Å². The number of carbonyl (C=O) groups is 3. The summed E-state index contributed by atoms with van der Waals surface area (Å²) in [6.45, 7) is -0.529. The van der Waals surface area contributed by atoms with E-state index >= 15 is 0 Å². The maximum absolute atomic E-state index is 13.0. The lowest BCUT2D eigenvalue weighted by molar-refractivity contribution is -0.150. The van der Waals surface area contributed by atoms with Crippen LogP contribution in [0.5, 0.6) is 0 Å². The second-order valence-electron chi connectivity index (χ2n) is 8.92. The third kappa shape index (κ3) is 1.92. The zero-order chi connectivity index (χ0) is 19.4. The molecule has 1 spiro atoms. The summed E-state index contributed by atoms with van der Waals surface area (Å²) in [6, 6.07) is 0. The van der Waals surface area contributed by atoms with E-state index in [0.717, 1.165) is 42.0 Å². The van der Waals surface area contributed by atoms with Crippen molar-refractivity contribution in [3.8, 4) is 0 Å². The number of fused-ring (bicyclic) bond motifs is 11. The van der Waals surface area contributed by atoms with Gasteiger partial charge in [-0.3, -0.25) is 24.1 Å². The van der Waals surface area contributed by atoms with Crippen molar-refractivity contribution in [2.45, 2.75) is 47.8 Å². The maximum Gasteiger partial charge on any atom is 0.323 e. The van der Waals surface area contributed by atoms with Crippen molar-refractivity contribution in [2.24, 2.45) is 29.6 Å². The number of hydrogen-bond acceptors (Lipinski definition) is 6. The Morgan fingerprint density at radius 1 is 1.14 bits per heavy atom. The van der Waals surface area contributed by atoms with Crippen LogP contribution < -0.4 is 4.87 Å². The first kappa shape index (κ1) is 17.3. The van der Waals surface area contributed by atoms with Crippen LogP contribution in [0.4, 0.5) is 0 Å². The number of aliphatic carboxylic acids is 1. The van der Waals surface area contributed by atoms with Gasteiger partial charge in [-0.2, -0.15) is 0 Å². The monoisotopic (exact) mass is 420 g/mol. The molecule has 9 heteroatoms. The third-order valence-corrected chi connectivity index (χ3v) is 10.6. The lowest BCUT2D eigenvalue weighted by atomic mass is 9.61. The Labute approximate surface area is 168 Å². The highest BCUT2D eigenvalue weighted by atomic mass is 32.2. The Balaban J connectivity index is 1.45. The Kier molecular flexibility index (Phi) is 3.39. The van der Waals surface area contributed by atoms with E-state index in [4.69, 9.17) is 5.11 Å². The number of carboxylic acids is 1. The first-order chi connectivity index (χ1) is 13.4. The lowest BCUT2D eigenvalue weighted by Gasteiger charge is -2.49. The number of aromatic amines is 1. The van der Waals surface area contributed by atoms with Crippen LogP contribution in [-0.2, 0) is 19.8 Å². The number of aromatic nitrogens is 1. The molecule has 28 heavy (non-hydrogen) atoms. The Hall–Kier alpha value is -1.61. The lowest BCUT2D eigenvalue weighted by Crippen LogP contribution is -2.49. The number of thioether (sulfide) groups is 1. The van der Waals surface area contributed by atoms with Gasteiger partial charge in [0.1, 0.15) is 6.54 Å². The first-order valence-corrected chi connectivity index (χ1v) is 11.6. The molecule has 2 amide bonds. The average molecular weight is 421 g/mol. The largest absolute Gasteiger partial charge is 0.480 e. The molecule has 1 aromatic heterocycles. The van der Waals surface area contributed by atoms with Crippen molar-refractivity contribution in [1.82, 2.24) is 9.88 Å². The molecule has 5 aliphatic rings. The Morgan fingerprint density at radius 2 is 1.82 bits per heavy atom. The normalized spacial score (nSPS) is 39.5. The van der Waals surface area contributed by atoms with Gasteiger partial charge in [0.2, 0.25) is 11.8 Å². The molecule has 2 aliphatic heterocycles. The van der Waals surface area contributed by atoms with Gasteiger partial charge in [0.25, 0.3) is 0 Å². The van der Waals surface area contributed by atoms with Crippen LogP contribution >= 0.6 is 23.1 Å². The molecule has 4 fully saturated rings. The van der Waals surface area contributed by atoms with Gasteiger partial charge in [0.15, 0.2) is 0 Å². The van der Waals surface area contributed by atoms with E-state index in [0.29, 0.717) is 5.92 Å². The van der Waals surface area contributed by atoms with E-state index < -0.39 is 12.5 Å². The van der Waals surface area contributed by atoms with E-state index in [9.17, 15) is 19.2 Å². The number of likely N-dealkylation sites (tertiary alicyclic amines) is 1. The molecule has 3 saturated carbocycles. The second kappa shape index (κ2) is 5.50. The zero-order valence-electron chi connectivity index (χ0n) is 15.1. The van der Waals surface area contributed by atoms with Crippen LogP contribution in [0.15, 0.2) is 9.82 Å². The molecule has 0 radical (unpaired) electrons. The van der Waals surface area contributed by atoms with Crippen LogP contribution in [0.25, 0.3) is 0 Å². The quantitative estimate of drug-likeness (QED) is 0.705. The number of carboxylic acid groups (broad SMARTS) is 1. The number of H-pyrrole nitrogens is 1. The molecule has 6 rings (SSSR count). The zero-order valence-corrected chi connectivity index (χ0v) is 16.7. The van der Waals surface area contributed by atoms with E-state index in [1.807, 2.05) is 0 Å². The minimum atomic E-state index is -1.15. The van der Waals surface area contributed by atoms with Crippen molar-refractivity contribution >= 4 is 40.9 Å². The molecule has 148 valence electrons. The molecule has 7 nitrogen and oxygen atoms in total. The fourth-order valence-corrected chi connectivity index (χ4v) is 10.4. The molecule has 3 aliphatic carbocycles. The topological polar surface area (TPSA) is 108 Å². The maximum atomic E-state index is 13.0. The average Bonchev–Trinajstić information content (AvgIpc) is 3.41. The van der Waals surface area contributed by atoms with E-state index in [-0.39, 0.29) is 51.0 Å². The summed E-state index contributed by atoms with van der Waals surface area (Å²) in [5, 5.41) is 10.3. The van der Waals surface area contributed by atoms with Gasteiger partial charge in [-0.05, 0) is 37.0 Å². The van der Waals surface area contributed by atoms with E-state index in [1.165, 1.54) is 16.2 Å². The Morgan fingerprint density at radius 3 is 2.50 bits per heavy atom. The summed E-state index contributed by atoms with van der Waals surface area (Å²) in [6.07, 6.45) is 5.21. The minimum absolute atomic E-state index is 0.0175. The summed E-state index contributed by atoms with van der Waals surface area (Å²) in [5.74, 6) is -1.96. The number of amides is 2. The third-order valence-electron chi connectivity index (χ3n) is 7.94. The van der Waals surface area contributed by atoms with Gasteiger partial charge in [0.05, 0.1) is 16.9 Å². The molecular weight excluding hydrogens is 400 g/mol. The SMILES string of the molecule is O=C(O)CN1C(=O)[C@@H]2[C@@H]3C[C@@H]([C@@H]2C1=O)[C@@H]1[C@@H]3Sc2[nH]c(=O)sc2C12CCCC2. The first-order valence-electron chi connectivity index (χ1n) is 9.89. The van der Waals surface area contributed by atoms with Gasteiger partial charge in [-0.15, -0.1) is 11.8 Å². The van der Waals surface area contributed by atoms with Crippen LogP contribution in [0.2, 0.25) is 0 Å². The molecule has 1 aromatic rings. The molecule has 0 aromatic carbocycles. The van der Waals surface area contributed by atoms with Gasteiger partial charge in [-0.25, -0.2) is 0 Å². The summed E-state index contributed by atoms with van der Waals surface area (Å²) in [7, 11) is 0. The van der Waals surface area contributed by atoms with Crippen molar-refractivity contribution in [1.29, 1.82) is 0 Å². The molecule has 6 atom stereocenters. The molecular formula is C19H20N2O5S2. The van der Waals surface area contributed by atoms with Gasteiger partial charge in [-0.1, -0.05) is 24.2 Å². The second-order valence-corrected chi connectivity index (χ2v) is 11.1. The molecule has 2 N–H and O–H groups in total. The van der Waals surface area contributed by atoms with Crippen molar-refractivity contribution in [3.63, 3.8) is 0 Å². The highest BCUT2D eigenvalue weighted by Crippen LogP contribution is 2.71. The van der Waals surface area contributed by atoms with Crippen molar-refractivity contribution in [2.75, 3.05) is 6.54 Å². The summed E-state index contributed by atoms with van der Waals surface area (Å²) in [5.41, 5.74) is -0.0526. The number of nitrogens with zero attached hydrogens (tertiary/aromatic N) is 1. The minimum Gasteiger partial charge on any atom is -0.480 e. The standard InChI is InChI=1S/C19H20N2O5S2/c22-9(23)6-21-16(24)10-7-5-8(11(10)17(21)25)13-12(7)19(3-1-2-4-19)14-15(27-13)20-18(26)28-14/h7-8,10-13H,1-6H2,(H,20,26)(H,22,23)/t7-,8-,10-,11+,12+,13+/m0/s1. The number of hydrogen-bond donors (Lipinski definition) is 2. The number of nitrogens with one attached hydrogen (secondary N) is 1. The van der Waals surface area contributed by atoms with Crippen LogP contribution in [0.3, 0.4) is 0 Å². The van der Waals surface area contributed by atoms with Crippen LogP contribution in [0, 0.1) is 29.6 Å². The molecule has 0 unspecified atom stereocenters. The number of thiazole rings is 1. The summed E-state index contributed by atoms with van der Waals surface area (Å²) >= 11 is 3.02. The highest BCUT2D eigenvalue weighted by molar-refractivity contribution is 8.00. The fourth-order valence-electron chi connectivity index (χ4n) is 7.26. The summed E-state index contributed by atoms with van der Waals surface area (Å²) in [4.78, 5) is 54.4. The number of carbonyl (C=O) groups excluding carboxylic acids is 2. The van der Waals surface area contributed by atoms with E-state index in [2.05, 4.69) is 4.98 Å². The molecule has 1 saturated heterocycles. The van der Waals surface area contributed by atoms with Gasteiger partial charge < -0.3 is 10.1 Å². The number of rotatable bonds is 2. The predicted molar refractivity (Wildman–Crippen MR) is 101 cm³/mol. The van der Waals surface area contributed by atoms with Crippen molar-refractivity contribution < 1.29 is 19.5 Å². The van der Waals surface area contributed by atoms with Crippen molar-refractivity contribution in [3.05, 3.63) is 14.5 Å².